The third-order valence-electron chi connectivity index (χ3n) is 3.04. The molecular formula is C15H16BrNO4S. The van der Waals surface area contributed by atoms with Crippen molar-refractivity contribution in [3.8, 4) is 11.5 Å². The molecule has 1 atom stereocenters. The fourth-order valence-corrected chi connectivity index (χ4v) is 3.23. The van der Waals surface area contributed by atoms with Crippen LogP contribution in [-0.4, -0.2) is 31.8 Å². The van der Waals surface area contributed by atoms with Crippen LogP contribution in [0.5, 0.6) is 11.5 Å². The third kappa shape index (κ3) is 4.00. The number of halogens is 1. The van der Waals surface area contributed by atoms with E-state index in [4.69, 9.17) is 9.47 Å². The van der Waals surface area contributed by atoms with Gasteiger partial charge in [-0.15, -0.1) is 11.3 Å². The van der Waals surface area contributed by atoms with Crippen molar-refractivity contribution in [3.63, 3.8) is 0 Å². The lowest BCUT2D eigenvalue weighted by atomic mass is 10.1. The molecule has 0 fully saturated rings. The molecule has 1 heterocycles. The number of carbonyl (C=O) groups excluding carboxylic acids is 1. The molecule has 0 bridgehead atoms. The molecule has 1 aromatic carbocycles. The first-order valence-corrected chi connectivity index (χ1v) is 8.14. The zero-order valence-corrected chi connectivity index (χ0v) is 14.5. The number of carbonyl (C=O) groups is 1. The lowest BCUT2D eigenvalue weighted by molar-refractivity contribution is 0.0920. The van der Waals surface area contributed by atoms with Crippen molar-refractivity contribution in [2.45, 2.75) is 6.10 Å². The Hall–Kier alpha value is -1.57. The van der Waals surface area contributed by atoms with Gasteiger partial charge in [-0.05, 0) is 39.7 Å². The maximum Gasteiger partial charge on any atom is 0.261 e. The van der Waals surface area contributed by atoms with Crippen LogP contribution in [0.3, 0.4) is 0 Å². The Balaban J connectivity index is 2.00. The molecule has 0 aliphatic heterocycles. The monoisotopic (exact) mass is 385 g/mol. The molecule has 7 heteroatoms. The van der Waals surface area contributed by atoms with Crippen molar-refractivity contribution in [1.29, 1.82) is 0 Å². The van der Waals surface area contributed by atoms with Crippen LogP contribution < -0.4 is 14.8 Å². The van der Waals surface area contributed by atoms with Crippen LogP contribution in [0.2, 0.25) is 0 Å². The average molecular weight is 386 g/mol. The first-order chi connectivity index (χ1) is 10.5. The number of aliphatic hydroxyl groups excluding tert-OH is 1. The molecular weight excluding hydrogens is 370 g/mol. The summed E-state index contributed by atoms with van der Waals surface area (Å²) in [5.74, 6) is 0.911. The summed E-state index contributed by atoms with van der Waals surface area (Å²) in [6.45, 7) is 0.115. The molecule has 0 unspecified atom stereocenters. The van der Waals surface area contributed by atoms with E-state index in [2.05, 4.69) is 21.2 Å². The number of hydrogen-bond acceptors (Lipinski definition) is 5. The summed E-state index contributed by atoms with van der Waals surface area (Å²) in [6.07, 6.45) is -0.827. The molecule has 0 aliphatic rings. The first-order valence-electron chi connectivity index (χ1n) is 6.47. The fourth-order valence-electron chi connectivity index (χ4n) is 1.89. The van der Waals surface area contributed by atoms with Crippen molar-refractivity contribution in [1.82, 2.24) is 5.32 Å². The predicted octanol–water partition coefficient (Wildman–Crippen LogP) is 2.99. The van der Waals surface area contributed by atoms with Crippen molar-refractivity contribution < 1.29 is 19.4 Å². The second-order valence-electron chi connectivity index (χ2n) is 4.47. The van der Waals surface area contributed by atoms with E-state index >= 15 is 0 Å². The van der Waals surface area contributed by atoms with Gasteiger partial charge in [-0.1, -0.05) is 6.07 Å². The molecule has 0 saturated carbocycles. The minimum absolute atomic E-state index is 0.115. The summed E-state index contributed by atoms with van der Waals surface area (Å²) < 4.78 is 11.2. The lowest BCUT2D eigenvalue weighted by Gasteiger charge is -2.14. The fraction of sp³-hybridized carbons (Fsp3) is 0.267. The molecule has 1 amide bonds. The van der Waals surface area contributed by atoms with Crippen LogP contribution in [0.15, 0.2) is 34.1 Å². The van der Waals surface area contributed by atoms with E-state index in [0.29, 0.717) is 21.9 Å². The Morgan fingerprint density at radius 2 is 2.05 bits per heavy atom. The zero-order chi connectivity index (χ0) is 16.1. The van der Waals surface area contributed by atoms with E-state index in [1.54, 1.807) is 31.4 Å². The van der Waals surface area contributed by atoms with Crippen LogP contribution in [0, 0.1) is 0 Å². The summed E-state index contributed by atoms with van der Waals surface area (Å²) in [5.41, 5.74) is 0.644. The average Bonchev–Trinajstić information content (AvgIpc) is 2.98. The van der Waals surface area contributed by atoms with Gasteiger partial charge >= 0.3 is 0 Å². The molecule has 5 nitrogen and oxygen atoms in total. The molecule has 0 saturated heterocycles. The molecule has 2 rings (SSSR count). The predicted molar refractivity (Wildman–Crippen MR) is 88.9 cm³/mol. The van der Waals surface area contributed by atoms with Crippen LogP contribution in [0.25, 0.3) is 0 Å². The van der Waals surface area contributed by atoms with Gasteiger partial charge in [0.25, 0.3) is 5.91 Å². The summed E-state index contributed by atoms with van der Waals surface area (Å²) >= 11 is 4.64. The number of amides is 1. The number of ether oxygens (including phenoxy) is 2. The van der Waals surface area contributed by atoms with E-state index in [-0.39, 0.29) is 12.5 Å². The molecule has 22 heavy (non-hydrogen) atoms. The number of rotatable bonds is 6. The molecule has 118 valence electrons. The highest BCUT2D eigenvalue weighted by atomic mass is 79.9. The summed E-state index contributed by atoms with van der Waals surface area (Å²) in [4.78, 5) is 12.5. The minimum Gasteiger partial charge on any atom is -0.493 e. The van der Waals surface area contributed by atoms with E-state index in [1.165, 1.54) is 18.4 Å². The van der Waals surface area contributed by atoms with Gasteiger partial charge in [0.1, 0.15) is 0 Å². The van der Waals surface area contributed by atoms with Crippen LogP contribution >= 0.6 is 27.3 Å². The number of benzene rings is 1. The largest absolute Gasteiger partial charge is 0.493 e. The van der Waals surface area contributed by atoms with E-state index in [0.717, 1.165) is 4.47 Å². The number of nitrogens with one attached hydrogen (secondary N) is 1. The van der Waals surface area contributed by atoms with Gasteiger partial charge in [-0.25, -0.2) is 0 Å². The van der Waals surface area contributed by atoms with E-state index in [1.807, 2.05) is 5.38 Å². The second-order valence-corrected chi connectivity index (χ2v) is 6.30. The normalized spacial score (nSPS) is 11.8. The smallest absolute Gasteiger partial charge is 0.261 e. The van der Waals surface area contributed by atoms with Crippen LogP contribution in [0.4, 0.5) is 0 Å². The quantitative estimate of drug-likeness (QED) is 0.801. The van der Waals surface area contributed by atoms with Crippen LogP contribution in [-0.2, 0) is 0 Å². The third-order valence-corrected chi connectivity index (χ3v) is 4.73. The molecule has 2 N–H and O–H groups in total. The van der Waals surface area contributed by atoms with E-state index < -0.39 is 6.10 Å². The summed E-state index contributed by atoms with van der Waals surface area (Å²) in [5, 5.41) is 14.7. The topological polar surface area (TPSA) is 67.8 Å². The van der Waals surface area contributed by atoms with Gasteiger partial charge in [0, 0.05) is 16.4 Å². The summed E-state index contributed by atoms with van der Waals surface area (Å²) in [6, 6.07) is 6.88. The van der Waals surface area contributed by atoms with Gasteiger partial charge in [0.15, 0.2) is 11.5 Å². The Morgan fingerprint density at radius 1 is 1.32 bits per heavy atom. The molecule has 0 aliphatic carbocycles. The maximum atomic E-state index is 11.9. The second kappa shape index (κ2) is 7.62. The summed E-state index contributed by atoms with van der Waals surface area (Å²) in [7, 11) is 3.08. The van der Waals surface area contributed by atoms with Gasteiger partial charge in [-0.3, -0.25) is 4.79 Å². The maximum absolute atomic E-state index is 11.9. The van der Waals surface area contributed by atoms with Crippen LogP contribution in [0.1, 0.15) is 21.3 Å². The minimum atomic E-state index is -0.827. The standard InChI is InChI=1S/C15H16BrNO4S/c1-20-12-4-3-9(5-13(12)21-2)11(18)7-17-15(19)14-6-10(16)8-22-14/h3-6,8,11,18H,7H2,1-2H3,(H,17,19)/t11-/m1/s1. The van der Waals surface area contributed by atoms with Crippen molar-refractivity contribution in [3.05, 3.63) is 44.6 Å². The van der Waals surface area contributed by atoms with Gasteiger partial charge in [0.2, 0.25) is 0 Å². The molecule has 1 aromatic heterocycles. The molecule has 2 aromatic rings. The van der Waals surface area contributed by atoms with Crippen molar-refractivity contribution >= 4 is 33.2 Å². The number of hydrogen-bond donors (Lipinski definition) is 2. The number of thiophene rings is 1. The Morgan fingerprint density at radius 3 is 2.64 bits per heavy atom. The van der Waals surface area contributed by atoms with E-state index in [9.17, 15) is 9.90 Å². The first kappa shape index (κ1) is 16.8. The van der Waals surface area contributed by atoms with Gasteiger partial charge in [0.05, 0.1) is 25.2 Å². The molecule has 0 spiro atoms. The van der Waals surface area contributed by atoms with Crippen molar-refractivity contribution in [2.24, 2.45) is 0 Å². The van der Waals surface area contributed by atoms with Gasteiger partial charge in [-0.2, -0.15) is 0 Å². The number of aliphatic hydroxyl groups is 1. The zero-order valence-electron chi connectivity index (χ0n) is 12.1. The molecule has 0 radical (unpaired) electrons. The Bertz CT molecular complexity index is 659. The highest BCUT2D eigenvalue weighted by molar-refractivity contribution is 9.10. The Kier molecular flexibility index (Phi) is 5.82. The SMILES string of the molecule is COc1ccc([C@H](O)CNC(=O)c2cc(Br)cs2)cc1OC. The van der Waals surface area contributed by atoms with Gasteiger partial charge < -0.3 is 19.9 Å². The highest BCUT2D eigenvalue weighted by Crippen LogP contribution is 2.29. The Labute approximate surface area is 141 Å². The highest BCUT2D eigenvalue weighted by Gasteiger charge is 2.14. The van der Waals surface area contributed by atoms with Crippen molar-refractivity contribution in [2.75, 3.05) is 20.8 Å². The lowest BCUT2D eigenvalue weighted by Crippen LogP contribution is -2.27. The number of methoxy groups -OCH3 is 2.